The van der Waals surface area contributed by atoms with Crippen molar-refractivity contribution in [1.29, 1.82) is 0 Å². The van der Waals surface area contributed by atoms with E-state index in [-0.39, 0.29) is 12.5 Å². The van der Waals surface area contributed by atoms with Gasteiger partial charge in [-0.05, 0) is 12.8 Å². The first kappa shape index (κ1) is 13.2. The molecule has 1 N–H and O–H groups in total. The third-order valence-electron chi connectivity index (χ3n) is 3.86. The molecule has 1 unspecified atom stereocenters. The minimum absolute atomic E-state index is 0.0791. The Morgan fingerprint density at radius 2 is 1.89 bits per heavy atom. The first-order valence-electron chi connectivity index (χ1n) is 6.86. The third-order valence-corrected chi connectivity index (χ3v) is 3.86. The Labute approximate surface area is 107 Å². The summed E-state index contributed by atoms with van der Waals surface area (Å²) in [6, 6.07) is 0.297. The Kier molecular flexibility index (Phi) is 4.44. The number of carbonyl (C=O) groups excluding carboxylic acids is 1. The van der Waals surface area contributed by atoms with Crippen LogP contribution >= 0.6 is 0 Å². The molecule has 0 aromatic rings. The van der Waals surface area contributed by atoms with Gasteiger partial charge in [-0.2, -0.15) is 0 Å². The second-order valence-electron chi connectivity index (χ2n) is 5.23. The minimum Gasteiger partial charge on any atom is -0.481 e. The van der Waals surface area contributed by atoms with Crippen molar-refractivity contribution in [3.63, 3.8) is 0 Å². The monoisotopic (exact) mass is 255 g/mol. The van der Waals surface area contributed by atoms with Crippen LogP contribution in [0.3, 0.4) is 0 Å². The van der Waals surface area contributed by atoms with E-state index in [1.165, 1.54) is 25.7 Å². The Balaban J connectivity index is 1.88. The number of hydrogen-bond donors (Lipinski definition) is 1. The molecule has 0 aromatic heterocycles. The van der Waals surface area contributed by atoms with Gasteiger partial charge in [0.25, 0.3) is 0 Å². The fraction of sp³-hybridized carbons (Fsp3) is 0.846. The van der Waals surface area contributed by atoms with E-state index in [1.54, 1.807) is 0 Å². The van der Waals surface area contributed by atoms with E-state index >= 15 is 0 Å². The second-order valence-corrected chi connectivity index (χ2v) is 5.23. The number of amides is 1. The van der Waals surface area contributed by atoms with Crippen LogP contribution in [0.2, 0.25) is 0 Å². The molecular weight excluding hydrogens is 234 g/mol. The molecular formula is C13H21NO4. The number of nitrogens with zero attached hydrogens (tertiary/aromatic N) is 1. The van der Waals surface area contributed by atoms with Gasteiger partial charge in [-0.1, -0.05) is 25.7 Å². The van der Waals surface area contributed by atoms with Crippen LogP contribution < -0.4 is 0 Å². The fourth-order valence-corrected chi connectivity index (χ4v) is 2.88. The zero-order valence-corrected chi connectivity index (χ0v) is 10.6. The maximum absolute atomic E-state index is 11.9. The lowest BCUT2D eigenvalue weighted by atomic mass is 10.1. The molecule has 0 spiro atoms. The summed E-state index contributed by atoms with van der Waals surface area (Å²) in [5.74, 6) is -0.907. The van der Waals surface area contributed by atoms with Gasteiger partial charge in [0, 0.05) is 19.0 Å². The lowest BCUT2D eigenvalue weighted by Gasteiger charge is -2.36. The van der Waals surface area contributed by atoms with Gasteiger partial charge in [-0.25, -0.2) is 4.79 Å². The quantitative estimate of drug-likeness (QED) is 0.786. The van der Waals surface area contributed by atoms with Crippen molar-refractivity contribution < 1.29 is 19.4 Å². The summed E-state index contributed by atoms with van der Waals surface area (Å²) < 4.78 is 5.21. The van der Waals surface area contributed by atoms with E-state index in [0.717, 1.165) is 12.8 Å². The zero-order chi connectivity index (χ0) is 13.0. The molecule has 2 rings (SSSR count). The first-order chi connectivity index (χ1) is 8.66. The van der Waals surface area contributed by atoms with Crippen molar-refractivity contribution in [2.75, 3.05) is 6.54 Å². The molecule has 0 aromatic carbocycles. The van der Waals surface area contributed by atoms with Crippen LogP contribution in [0.15, 0.2) is 0 Å². The van der Waals surface area contributed by atoms with Crippen LogP contribution in [0.5, 0.6) is 0 Å². The summed E-state index contributed by atoms with van der Waals surface area (Å²) in [7, 11) is 0. The van der Waals surface area contributed by atoms with Gasteiger partial charge in [-0.3, -0.25) is 4.79 Å². The van der Waals surface area contributed by atoms with Crippen molar-refractivity contribution >= 4 is 12.1 Å². The number of cyclic esters (lactones) is 1. The van der Waals surface area contributed by atoms with Gasteiger partial charge in [0.15, 0.2) is 0 Å². The molecule has 5 heteroatoms. The Morgan fingerprint density at radius 1 is 1.22 bits per heavy atom. The zero-order valence-electron chi connectivity index (χ0n) is 10.6. The SMILES string of the molecule is O=C(O)CC1CCN(C2CCCCCC2)C(=O)O1. The van der Waals surface area contributed by atoms with Gasteiger partial charge in [0.2, 0.25) is 0 Å². The van der Waals surface area contributed by atoms with Crippen LogP contribution in [0.4, 0.5) is 4.79 Å². The number of carboxylic acids is 1. The van der Waals surface area contributed by atoms with Crippen molar-refractivity contribution in [2.45, 2.75) is 63.5 Å². The summed E-state index contributed by atoms with van der Waals surface area (Å²) in [6.45, 7) is 0.640. The summed E-state index contributed by atoms with van der Waals surface area (Å²) in [5, 5.41) is 8.70. The molecule has 1 atom stereocenters. The first-order valence-corrected chi connectivity index (χ1v) is 6.86. The van der Waals surface area contributed by atoms with Gasteiger partial charge >= 0.3 is 12.1 Å². The molecule has 1 heterocycles. The highest BCUT2D eigenvalue weighted by molar-refractivity contribution is 5.71. The lowest BCUT2D eigenvalue weighted by molar-refractivity contribution is -0.140. The van der Waals surface area contributed by atoms with E-state index in [0.29, 0.717) is 19.0 Å². The minimum atomic E-state index is -0.907. The molecule has 0 bridgehead atoms. The molecule has 2 fully saturated rings. The van der Waals surface area contributed by atoms with E-state index in [1.807, 2.05) is 4.90 Å². The van der Waals surface area contributed by atoms with Gasteiger partial charge in [0.1, 0.15) is 6.10 Å². The Bertz CT molecular complexity index is 310. The predicted octanol–water partition coefficient (Wildman–Crippen LogP) is 2.39. The van der Waals surface area contributed by atoms with Crippen molar-refractivity contribution in [2.24, 2.45) is 0 Å². The predicted molar refractivity (Wildman–Crippen MR) is 65.3 cm³/mol. The molecule has 1 aliphatic heterocycles. The summed E-state index contributed by atoms with van der Waals surface area (Å²) in [5.41, 5.74) is 0. The van der Waals surface area contributed by atoms with Crippen LogP contribution in [-0.2, 0) is 9.53 Å². The summed E-state index contributed by atoms with van der Waals surface area (Å²) >= 11 is 0. The van der Waals surface area contributed by atoms with E-state index < -0.39 is 12.1 Å². The molecule has 102 valence electrons. The van der Waals surface area contributed by atoms with Crippen molar-refractivity contribution in [1.82, 2.24) is 4.90 Å². The smallest absolute Gasteiger partial charge is 0.410 e. The fourth-order valence-electron chi connectivity index (χ4n) is 2.88. The van der Waals surface area contributed by atoms with Gasteiger partial charge in [0.05, 0.1) is 6.42 Å². The van der Waals surface area contributed by atoms with Crippen LogP contribution in [0.25, 0.3) is 0 Å². The lowest BCUT2D eigenvalue weighted by Crippen LogP contribution is -2.47. The second kappa shape index (κ2) is 6.07. The number of carboxylic acid groups (broad SMARTS) is 1. The van der Waals surface area contributed by atoms with Crippen LogP contribution in [0, 0.1) is 0 Å². The van der Waals surface area contributed by atoms with Crippen molar-refractivity contribution in [3.05, 3.63) is 0 Å². The Morgan fingerprint density at radius 3 is 2.44 bits per heavy atom. The summed E-state index contributed by atoms with van der Waals surface area (Å²) in [4.78, 5) is 24.3. The third kappa shape index (κ3) is 3.37. The van der Waals surface area contributed by atoms with Crippen molar-refractivity contribution in [3.8, 4) is 0 Å². The Hall–Kier alpha value is -1.26. The van der Waals surface area contributed by atoms with Gasteiger partial charge < -0.3 is 14.7 Å². The molecule has 1 saturated carbocycles. The molecule has 1 aliphatic carbocycles. The van der Waals surface area contributed by atoms with Gasteiger partial charge in [-0.15, -0.1) is 0 Å². The molecule has 2 aliphatic rings. The average molecular weight is 255 g/mol. The molecule has 1 amide bonds. The standard InChI is InChI=1S/C13H21NO4/c15-12(16)9-11-7-8-14(13(17)18-11)10-5-3-1-2-4-6-10/h10-11H,1-9H2,(H,15,16). The normalized spacial score (nSPS) is 26.6. The van der Waals surface area contributed by atoms with Crippen LogP contribution in [-0.4, -0.2) is 40.8 Å². The van der Waals surface area contributed by atoms with Crippen LogP contribution in [0.1, 0.15) is 51.4 Å². The molecule has 0 radical (unpaired) electrons. The van der Waals surface area contributed by atoms with E-state index in [9.17, 15) is 9.59 Å². The highest BCUT2D eigenvalue weighted by atomic mass is 16.6. The summed E-state index contributed by atoms with van der Waals surface area (Å²) in [6.07, 6.45) is 6.74. The number of hydrogen-bond acceptors (Lipinski definition) is 3. The molecule has 5 nitrogen and oxygen atoms in total. The molecule has 18 heavy (non-hydrogen) atoms. The maximum atomic E-state index is 11.9. The number of rotatable bonds is 3. The molecule has 1 saturated heterocycles. The average Bonchev–Trinajstić information content (AvgIpc) is 2.57. The van der Waals surface area contributed by atoms with E-state index in [4.69, 9.17) is 9.84 Å². The largest absolute Gasteiger partial charge is 0.481 e. The highest BCUT2D eigenvalue weighted by Gasteiger charge is 2.33. The van der Waals surface area contributed by atoms with E-state index in [2.05, 4.69) is 0 Å². The number of ether oxygens (including phenoxy) is 1. The maximum Gasteiger partial charge on any atom is 0.410 e. The number of aliphatic carboxylic acids is 1. The number of carbonyl (C=O) groups is 2. The highest BCUT2D eigenvalue weighted by Crippen LogP contribution is 2.25. The topological polar surface area (TPSA) is 66.8 Å².